The normalized spacial score (nSPS) is 19.9. The maximum Gasteiger partial charge on any atom is 0.251 e. The average Bonchev–Trinajstić information content (AvgIpc) is 3.67. The van der Waals surface area contributed by atoms with E-state index in [0.717, 1.165) is 54.4 Å². The molecule has 6 nitrogen and oxygen atoms in total. The van der Waals surface area contributed by atoms with Gasteiger partial charge < -0.3 is 16.0 Å². The lowest BCUT2D eigenvalue weighted by Crippen LogP contribution is -2.25. The fraction of sp³-hybridized carbons (Fsp3) is 0.296. The van der Waals surface area contributed by atoms with Crippen LogP contribution in [0.1, 0.15) is 41.1 Å². The van der Waals surface area contributed by atoms with Crippen molar-refractivity contribution in [2.45, 2.75) is 25.2 Å². The molecule has 1 aliphatic carbocycles. The first-order valence-electron chi connectivity index (χ1n) is 11.6. The van der Waals surface area contributed by atoms with Crippen molar-refractivity contribution in [2.24, 2.45) is 5.92 Å². The third kappa shape index (κ3) is 5.12. The van der Waals surface area contributed by atoms with Crippen LogP contribution in [0.5, 0.6) is 0 Å². The first-order valence-corrected chi connectivity index (χ1v) is 11.6. The second-order valence-electron chi connectivity index (χ2n) is 8.85. The number of nitrogens with one attached hydrogen (secondary N) is 3. The number of hydrogen-bond donors (Lipinski definition) is 3. The number of amides is 2. The molecule has 2 heterocycles. The Morgan fingerprint density at radius 3 is 2.82 bits per heavy atom. The van der Waals surface area contributed by atoms with Crippen molar-refractivity contribution < 1.29 is 9.59 Å². The predicted molar refractivity (Wildman–Crippen MR) is 130 cm³/mol. The smallest absolute Gasteiger partial charge is 0.251 e. The molecule has 1 aliphatic heterocycles. The van der Waals surface area contributed by atoms with E-state index in [4.69, 9.17) is 0 Å². The summed E-state index contributed by atoms with van der Waals surface area (Å²) in [5.41, 5.74) is 3.84. The van der Waals surface area contributed by atoms with Crippen molar-refractivity contribution in [3.05, 3.63) is 83.7 Å². The Labute approximate surface area is 193 Å². The van der Waals surface area contributed by atoms with Gasteiger partial charge in [-0.05, 0) is 73.0 Å². The lowest BCUT2D eigenvalue weighted by Gasteiger charge is -2.09. The van der Waals surface area contributed by atoms with Gasteiger partial charge in [0.25, 0.3) is 5.91 Å². The molecule has 0 saturated heterocycles. The minimum absolute atomic E-state index is 0.0337. The van der Waals surface area contributed by atoms with Gasteiger partial charge in [-0.3, -0.25) is 14.6 Å². The number of aromatic nitrogens is 1. The second-order valence-corrected chi connectivity index (χ2v) is 8.85. The maximum atomic E-state index is 12.7. The van der Waals surface area contributed by atoms with Crippen molar-refractivity contribution >= 4 is 28.3 Å². The molecule has 0 radical (unpaired) electrons. The fourth-order valence-electron chi connectivity index (χ4n) is 4.45. The van der Waals surface area contributed by atoms with E-state index in [1.54, 1.807) is 6.20 Å². The molecule has 2 atom stereocenters. The molecule has 3 N–H and O–H groups in total. The van der Waals surface area contributed by atoms with Crippen molar-refractivity contribution in [3.63, 3.8) is 0 Å². The van der Waals surface area contributed by atoms with Gasteiger partial charge in [0.2, 0.25) is 5.91 Å². The van der Waals surface area contributed by atoms with E-state index in [-0.39, 0.29) is 23.7 Å². The molecule has 2 amide bonds. The summed E-state index contributed by atoms with van der Waals surface area (Å²) in [4.78, 5) is 29.4. The van der Waals surface area contributed by atoms with E-state index < -0.39 is 0 Å². The van der Waals surface area contributed by atoms with Gasteiger partial charge in [-0.25, -0.2) is 0 Å². The largest absolute Gasteiger partial charge is 0.348 e. The highest BCUT2D eigenvalue weighted by molar-refractivity contribution is 5.97. The summed E-state index contributed by atoms with van der Waals surface area (Å²) in [6.07, 6.45) is 8.69. The van der Waals surface area contributed by atoms with E-state index in [9.17, 15) is 9.59 Å². The molecule has 0 spiro atoms. The predicted octanol–water partition coefficient (Wildman–Crippen LogP) is 4.02. The number of pyridine rings is 1. The molecule has 2 aromatic carbocycles. The number of hydrogen-bond acceptors (Lipinski definition) is 4. The molecule has 6 heteroatoms. The van der Waals surface area contributed by atoms with E-state index in [0.29, 0.717) is 12.1 Å². The van der Waals surface area contributed by atoms with Crippen molar-refractivity contribution in [2.75, 3.05) is 25.0 Å². The molecule has 1 fully saturated rings. The van der Waals surface area contributed by atoms with Crippen molar-refractivity contribution in [1.82, 2.24) is 15.6 Å². The summed E-state index contributed by atoms with van der Waals surface area (Å²) >= 11 is 0. The van der Waals surface area contributed by atoms with Crippen LogP contribution in [0, 0.1) is 5.92 Å². The third-order valence-electron chi connectivity index (χ3n) is 6.50. The Morgan fingerprint density at radius 1 is 1.06 bits per heavy atom. The number of rotatable bonds is 6. The monoisotopic (exact) mass is 440 g/mol. The Balaban J connectivity index is 1.15. The zero-order chi connectivity index (χ0) is 22.6. The number of nitrogens with zero attached hydrogens (tertiary/aromatic N) is 1. The highest BCUT2D eigenvalue weighted by atomic mass is 16.2. The standard InChI is InChI=1S/C27H28N4O2/c32-26(30-16-18-2-1-11-28-12-9-18)20-5-3-19(4-6-20)24-15-25(24)27(33)31-23-8-7-22-17-29-13-10-21(22)14-23/h3-10,13-14,17,24-25,28H,1-2,11-12,15-16H2,(H,30,32)(H,31,33)/t24-,25+/m0/s1. The van der Waals surface area contributed by atoms with Crippen LogP contribution in [-0.4, -0.2) is 36.4 Å². The minimum atomic E-state index is -0.0590. The molecule has 0 bridgehead atoms. The summed E-state index contributed by atoms with van der Waals surface area (Å²) in [5.74, 6) is 0.154. The summed E-state index contributed by atoms with van der Waals surface area (Å²) in [7, 11) is 0. The van der Waals surface area contributed by atoms with Gasteiger partial charge in [-0.2, -0.15) is 0 Å². The van der Waals surface area contributed by atoms with Crippen LogP contribution >= 0.6 is 0 Å². The van der Waals surface area contributed by atoms with Crippen LogP contribution < -0.4 is 16.0 Å². The van der Waals surface area contributed by atoms with Crippen LogP contribution in [0.3, 0.4) is 0 Å². The maximum absolute atomic E-state index is 12.7. The van der Waals surface area contributed by atoms with Gasteiger partial charge >= 0.3 is 0 Å². The number of benzene rings is 2. The third-order valence-corrected chi connectivity index (χ3v) is 6.50. The number of carbonyl (C=O) groups is 2. The van der Waals surface area contributed by atoms with E-state index >= 15 is 0 Å². The SMILES string of the molecule is O=C(NCC1=CCNCCC1)c1ccc([C@@H]2C[C@H]2C(=O)Nc2ccc3cnccc3c2)cc1. The Bertz CT molecular complexity index is 1200. The van der Waals surface area contributed by atoms with Crippen LogP contribution in [-0.2, 0) is 4.79 Å². The van der Waals surface area contributed by atoms with Gasteiger partial charge in [0.1, 0.15) is 0 Å². The van der Waals surface area contributed by atoms with Crippen molar-refractivity contribution in [1.29, 1.82) is 0 Å². The number of carbonyl (C=O) groups excluding carboxylic acids is 2. The van der Waals surface area contributed by atoms with Crippen LogP contribution in [0.4, 0.5) is 5.69 Å². The fourth-order valence-corrected chi connectivity index (χ4v) is 4.45. The summed E-state index contributed by atoms with van der Waals surface area (Å²) in [6, 6.07) is 15.5. The molecule has 1 aromatic heterocycles. The van der Waals surface area contributed by atoms with Gasteiger partial charge in [0.15, 0.2) is 0 Å². The van der Waals surface area contributed by atoms with Crippen LogP contribution in [0.15, 0.2) is 72.6 Å². The van der Waals surface area contributed by atoms with Gasteiger partial charge in [-0.1, -0.05) is 29.8 Å². The lowest BCUT2D eigenvalue weighted by atomic mass is 10.1. The summed E-state index contributed by atoms with van der Waals surface area (Å²) < 4.78 is 0. The topological polar surface area (TPSA) is 83.1 Å². The molecular formula is C27H28N4O2. The molecular weight excluding hydrogens is 412 g/mol. The zero-order valence-corrected chi connectivity index (χ0v) is 18.5. The highest BCUT2D eigenvalue weighted by Crippen LogP contribution is 2.48. The Hall–Kier alpha value is -3.51. The first-order chi connectivity index (χ1) is 16.2. The Morgan fingerprint density at radius 2 is 1.94 bits per heavy atom. The zero-order valence-electron chi connectivity index (χ0n) is 18.5. The van der Waals surface area contributed by atoms with E-state index in [1.807, 2.05) is 54.7 Å². The number of anilines is 1. The van der Waals surface area contributed by atoms with E-state index in [1.165, 1.54) is 5.57 Å². The summed E-state index contributed by atoms with van der Waals surface area (Å²) in [6.45, 7) is 2.49. The first kappa shape index (κ1) is 21.3. The van der Waals surface area contributed by atoms with E-state index in [2.05, 4.69) is 27.0 Å². The van der Waals surface area contributed by atoms with Crippen molar-refractivity contribution in [3.8, 4) is 0 Å². The van der Waals surface area contributed by atoms with Crippen LogP contribution in [0.2, 0.25) is 0 Å². The second kappa shape index (κ2) is 9.55. The van der Waals surface area contributed by atoms with Gasteiger partial charge in [0.05, 0.1) is 0 Å². The number of fused-ring (bicyclic) bond motifs is 1. The molecule has 0 unspecified atom stereocenters. The van der Waals surface area contributed by atoms with Crippen LogP contribution in [0.25, 0.3) is 10.8 Å². The molecule has 1 saturated carbocycles. The molecule has 168 valence electrons. The molecule has 5 rings (SSSR count). The summed E-state index contributed by atoms with van der Waals surface area (Å²) in [5, 5.41) is 11.5. The van der Waals surface area contributed by atoms with Gasteiger partial charge in [0, 0.05) is 48.0 Å². The minimum Gasteiger partial charge on any atom is -0.348 e. The molecule has 33 heavy (non-hydrogen) atoms. The molecule has 3 aromatic rings. The average molecular weight is 441 g/mol. The molecule has 2 aliphatic rings. The highest BCUT2D eigenvalue weighted by Gasteiger charge is 2.43. The van der Waals surface area contributed by atoms with Gasteiger partial charge in [-0.15, -0.1) is 0 Å². The Kier molecular flexibility index (Phi) is 6.17. The lowest BCUT2D eigenvalue weighted by molar-refractivity contribution is -0.117. The quantitative estimate of drug-likeness (QED) is 0.506.